The molecule has 0 saturated carbocycles. The van der Waals surface area contributed by atoms with E-state index in [0.717, 1.165) is 11.8 Å². The van der Waals surface area contributed by atoms with Crippen LogP contribution in [0, 0.1) is 5.82 Å². The molecular formula is C15H17FO3. The summed E-state index contributed by atoms with van der Waals surface area (Å²) in [6.07, 6.45) is 0.732. The quantitative estimate of drug-likeness (QED) is 0.815. The lowest BCUT2D eigenvalue weighted by Crippen LogP contribution is -2.03. The van der Waals surface area contributed by atoms with Crippen LogP contribution in [0.15, 0.2) is 30.3 Å². The third-order valence-corrected chi connectivity index (χ3v) is 2.88. The van der Waals surface area contributed by atoms with E-state index in [1.54, 1.807) is 31.4 Å². The predicted octanol–water partition coefficient (Wildman–Crippen LogP) is 2.89. The molecule has 3 nitrogen and oxygen atoms in total. The number of aliphatic hydroxyl groups excluding tert-OH is 1. The van der Waals surface area contributed by atoms with Gasteiger partial charge in [-0.25, -0.2) is 4.39 Å². The molecule has 102 valence electrons. The Morgan fingerprint density at radius 2 is 2.05 bits per heavy atom. The Morgan fingerprint density at radius 3 is 2.79 bits per heavy atom. The second-order valence-electron chi connectivity index (χ2n) is 4.28. The van der Waals surface area contributed by atoms with Gasteiger partial charge in [0.15, 0.2) is 0 Å². The van der Waals surface area contributed by atoms with Crippen molar-refractivity contribution in [2.24, 2.45) is 0 Å². The van der Waals surface area contributed by atoms with E-state index in [4.69, 9.17) is 9.47 Å². The molecule has 2 aromatic rings. The van der Waals surface area contributed by atoms with Crippen molar-refractivity contribution in [1.82, 2.24) is 0 Å². The van der Waals surface area contributed by atoms with Crippen LogP contribution in [0.5, 0.6) is 5.75 Å². The normalized spacial score (nSPS) is 10.9. The van der Waals surface area contributed by atoms with Crippen molar-refractivity contribution in [2.75, 3.05) is 20.3 Å². The molecule has 0 radical (unpaired) electrons. The third kappa shape index (κ3) is 3.22. The van der Waals surface area contributed by atoms with Gasteiger partial charge in [-0.15, -0.1) is 0 Å². The Labute approximate surface area is 111 Å². The highest BCUT2D eigenvalue weighted by Crippen LogP contribution is 2.30. The number of fused-ring (bicyclic) bond motifs is 1. The predicted molar refractivity (Wildman–Crippen MR) is 71.8 cm³/mol. The highest BCUT2D eigenvalue weighted by Gasteiger charge is 2.09. The molecule has 2 rings (SSSR count). The summed E-state index contributed by atoms with van der Waals surface area (Å²) >= 11 is 0. The summed E-state index contributed by atoms with van der Waals surface area (Å²) < 4.78 is 24.4. The van der Waals surface area contributed by atoms with Crippen LogP contribution in [-0.4, -0.2) is 25.4 Å². The van der Waals surface area contributed by atoms with E-state index in [2.05, 4.69) is 0 Å². The van der Waals surface area contributed by atoms with Crippen LogP contribution in [0.25, 0.3) is 10.8 Å². The fourth-order valence-corrected chi connectivity index (χ4v) is 1.99. The number of benzene rings is 2. The standard InChI is InChI=1S/C15H17FO3/c1-18-6-3-7-19-14-9-11(10-17)8-12-4-2-5-13(16)15(12)14/h2,4-5,8-9,17H,3,6-7,10H2,1H3. The Hall–Kier alpha value is -1.65. The number of rotatable bonds is 6. The average molecular weight is 264 g/mol. The van der Waals surface area contributed by atoms with Gasteiger partial charge >= 0.3 is 0 Å². The minimum Gasteiger partial charge on any atom is -0.493 e. The molecule has 0 aliphatic rings. The molecule has 2 aromatic carbocycles. The zero-order valence-corrected chi connectivity index (χ0v) is 10.9. The van der Waals surface area contributed by atoms with E-state index in [1.807, 2.05) is 0 Å². The monoisotopic (exact) mass is 264 g/mol. The highest BCUT2D eigenvalue weighted by molar-refractivity contribution is 5.89. The van der Waals surface area contributed by atoms with Crippen molar-refractivity contribution in [3.63, 3.8) is 0 Å². The minimum atomic E-state index is -0.316. The molecule has 0 aliphatic heterocycles. The first kappa shape index (κ1) is 13.8. The van der Waals surface area contributed by atoms with Gasteiger partial charge in [0.05, 0.1) is 18.6 Å². The molecule has 0 spiro atoms. The molecular weight excluding hydrogens is 247 g/mol. The lowest BCUT2D eigenvalue weighted by Gasteiger charge is -2.11. The Kier molecular flexibility index (Phi) is 4.71. The minimum absolute atomic E-state index is 0.0963. The number of hydrogen-bond donors (Lipinski definition) is 1. The van der Waals surface area contributed by atoms with E-state index in [0.29, 0.717) is 29.9 Å². The van der Waals surface area contributed by atoms with E-state index in [-0.39, 0.29) is 12.4 Å². The maximum absolute atomic E-state index is 13.9. The molecule has 0 fully saturated rings. The molecule has 0 atom stereocenters. The van der Waals surface area contributed by atoms with Gasteiger partial charge in [0.25, 0.3) is 0 Å². The molecule has 0 aromatic heterocycles. The first-order chi connectivity index (χ1) is 9.26. The fraction of sp³-hybridized carbons (Fsp3) is 0.333. The van der Waals surface area contributed by atoms with Gasteiger partial charge in [0, 0.05) is 20.1 Å². The number of methoxy groups -OCH3 is 1. The first-order valence-corrected chi connectivity index (χ1v) is 6.20. The summed E-state index contributed by atoms with van der Waals surface area (Å²) in [7, 11) is 1.63. The van der Waals surface area contributed by atoms with E-state index < -0.39 is 0 Å². The molecule has 1 N–H and O–H groups in total. The van der Waals surface area contributed by atoms with E-state index in [1.165, 1.54) is 6.07 Å². The summed E-state index contributed by atoms with van der Waals surface area (Å²) in [5, 5.41) is 10.4. The number of ether oxygens (including phenoxy) is 2. The fourth-order valence-electron chi connectivity index (χ4n) is 1.99. The maximum Gasteiger partial charge on any atom is 0.134 e. The molecule has 0 saturated heterocycles. The maximum atomic E-state index is 13.9. The second-order valence-corrected chi connectivity index (χ2v) is 4.28. The lowest BCUT2D eigenvalue weighted by atomic mass is 10.1. The summed E-state index contributed by atoms with van der Waals surface area (Å²) in [5.74, 6) is 0.152. The lowest BCUT2D eigenvalue weighted by molar-refractivity contribution is 0.172. The topological polar surface area (TPSA) is 38.7 Å². The van der Waals surface area contributed by atoms with Crippen LogP contribution in [-0.2, 0) is 11.3 Å². The van der Waals surface area contributed by atoms with Crippen molar-refractivity contribution in [3.8, 4) is 5.75 Å². The average Bonchev–Trinajstić information content (AvgIpc) is 2.43. The first-order valence-electron chi connectivity index (χ1n) is 6.20. The summed E-state index contributed by atoms with van der Waals surface area (Å²) in [4.78, 5) is 0. The van der Waals surface area contributed by atoms with Crippen LogP contribution in [0.3, 0.4) is 0 Å². The van der Waals surface area contributed by atoms with E-state index >= 15 is 0 Å². The Morgan fingerprint density at radius 1 is 1.21 bits per heavy atom. The molecule has 4 heteroatoms. The van der Waals surface area contributed by atoms with Gasteiger partial charge in [-0.3, -0.25) is 0 Å². The van der Waals surface area contributed by atoms with Crippen molar-refractivity contribution >= 4 is 10.8 Å². The van der Waals surface area contributed by atoms with Gasteiger partial charge in [0.2, 0.25) is 0 Å². The molecule has 0 amide bonds. The van der Waals surface area contributed by atoms with Gasteiger partial charge in [-0.05, 0) is 29.1 Å². The van der Waals surface area contributed by atoms with Gasteiger partial charge in [0.1, 0.15) is 11.6 Å². The number of hydrogen-bond acceptors (Lipinski definition) is 3. The number of aliphatic hydroxyl groups is 1. The second kappa shape index (κ2) is 6.50. The van der Waals surface area contributed by atoms with Gasteiger partial charge in [-0.1, -0.05) is 12.1 Å². The van der Waals surface area contributed by atoms with Crippen molar-refractivity contribution in [3.05, 3.63) is 41.7 Å². The van der Waals surface area contributed by atoms with Gasteiger partial charge in [-0.2, -0.15) is 0 Å². The molecule has 0 heterocycles. The molecule has 19 heavy (non-hydrogen) atoms. The molecule has 0 aliphatic carbocycles. The molecule has 0 unspecified atom stereocenters. The van der Waals surface area contributed by atoms with Crippen LogP contribution in [0.4, 0.5) is 4.39 Å². The summed E-state index contributed by atoms with van der Waals surface area (Å²) in [6, 6.07) is 8.30. The zero-order chi connectivity index (χ0) is 13.7. The zero-order valence-electron chi connectivity index (χ0n) is 10.9. The van der Waals surface area contributed by atoms with Crippen molar-refractivity contribution < 1.29 is 19.0 Å². The van der Waals surface area contributed by atoms with Crippen LogP contribution in [0.1, 0.15) is 12.0 Å². The van der Waals surface area contributed by atoms with Gasteiger partial charge < -0.3 is 14.6 Å². The Balaban J connectivity index is 2.33. The smallest absolute Gasteiger partial charge is 0.134 e. The largest absolute Gasteiger partial charge is 0.493 e. The third-order valence-electron chi connectivity index (χ3n) is 2.88. The summed E-state index contributed by atoms with van der Waals surface area (Å²) in [6.45, 7) is 0.952. The van der Waals surface area contributed by atoms with E-state index in [9.17, 15) is 9.50 Å². The van der Waals surface area contributed by atoms with Crippen molar-refractivity contribution in [2.45, 2.75) is 13.0 Å². The van der Waals surface area contributed by atoms with Crippen LogP contribution < -0.4 is 4.74 Å². The van der Waals surface area contributed by atoms with Crippen LogP contribution >= 0.6 is 0 Å². The SMILES string of the molecule is COCCCOc1cc(CO)cc2cccc(F)c12. The molecule has 0 bridgehead atoms. The summed E-state index contributed by atoms with van der Waals surface area (Å²) in [5.41, 5.74) is 0.708. The van der Waals surface area contributed by atoms with Crippen molar-refractivity contribution in [1.29, 1.82) is 0 Å². The van der Waals surface area contributed by atoms with Crippen LogP contribution in [0.2, 0.25) is 0 Å². The highest BCUT2D eigenvalue weighted by atomic mass is 19.1. The number of halogens is 1. The Bertz CT molecular complexity index is 554.